The number of thioether (sulfide) groups is 1. The maximum atomic E-state index is 12.4. The van der Waals surface area contributed by atoms with Gasteiger partial charge in [0.1, 0.15) is 11.1 Å². The molecule has 0 aliphatic carbocycles. The summed E-state index contributed by atoms with van der Waals surface area (Å²) in [7, 11) is 1.65. The Balaban J connectivity index is 1.30. The van der Waals surface area contributed by atoms with Crippen molar-refractivity contribution in [1.82, 2.24) is 14.7 Å². The minimum absolute atomic E-state index is 0.0511. The van der Waals surface area contributed by atoms with Crippen LogP contribution in [-0.2, 0) is 4.79 Å². The first-order valence-electron chi connectivity index (χ1n) is 9.76. The molecule has 0 bridgehead atoms. The van der Waals surface area contributed by atoms with Crippen molar-refractivity contribution in [3.63, 3.8) is 0 Å². The average Bonchev–Trinajstić information content (AvgIpc) is 3.42. The molecule has 154 valence electrons. The van der Waals surface area contributed by atoms with Gasteiger partial charge < -0.3 is 19.0 Å². The molecule has 1 atom stereocenters. The first-order valence-corrected chi connectivity index (χ1v) is 10.8. The van der Waals surface area contributed by atoms with Gasteiger partial charge in [-0.15, -0.1) is 11.8 Å². The number of carbonyl (C=O) groups is 2. The van der Waals surface area contributed by atoms with E-state index in [1.165, 1.54) is 6.26 Å². The molecule has 4 rings (SSSR count). The van der Waals surface area contributed by atoms with Crippen LogP contribution in [0.25, 0.3) is 0 Å². The molecular weight excluding hydrogens is 390 g/mol. The summed E-state index contributed by atoms with van der Waals surface area (Å²) < 4.78 is 10.4. The number of hydrogen-bond donors (Lipinski definition) is 0. The predicted molar refractivity (Wildman–Crippen MR) is 111 cm³/mol. The van der Waals surface area contributed by atoms with Crippen LogP contribution in [0.4, 0.5) is 0 Å². The molecule has 2 aromatic rings. The largest absolute Gasteiger partial charge is 0.497 e. The van der Waals surface area contributed by atoms with Gasteiger partial charge in [-0.05, 0) is 29.8 Å². The van der Waals surface area contributed by atoms with Gasteiger partial charge in [-0.3, -0.25) is 14.5 Å². The summed E-state index contributed by atoms with van der Waals surface area (Å²) in [5.74, 6) is 1.85. The Labute approximate surface area is 174 Å². The Kier molecular flexibility index (Phi) is 6.10. The van der Waals surface area contributed by atoms with Gasteiger partial charge in [-0.1, -0.05) is 12.1 Å². The minimum atomic E-state index is -0.0552. The number of nitrogens with zero attached hydrogens (tertiary/aromatic N) is 3. The number of carbonyl (C=O) groups excluding carboxylic acids is 2. The monoisotopic (exact) mass is 415 g/mol. The molecule has 8 heteroatoms. The number of ether oxygens (including phenoxy) is 1. The highest BCUT2D eigenvalue weighted by Gasteiger charge is 2.33. The van der Waals surface area contributed by atoms with Crippen molar-refractivity contribution in [3.8, 4) is 5.75 Å². The molecule has 7 nitrogen and oxygen atoms in total. The molecule has 0 N–H and O–H groups in total. The fourth-order valence-electron chi connectivity index (χ4n) is 3.72. The lowest BCUT2D eigenvalue weighted by Gasteiger charge is -2.35. The van der Waals surface area contributed by atoms with E-state index in [-0.39, 0.29) is 17.2 Å². The van der Waals surface area contributed by atoms with Crippen LogP contribution in [0, 0.1) is 0 Å². The fraction of sp³-hybridized carbons (Fsp3) is 0.429. The van der Waals surface area contributed by atoms with Gasteiger partial charge >= 0.3 is 0 Å². The summed E-state index contributed by atoms with van der Waals surface area (Å²) in [5, 5.41) is 0.0511. The minimum Gasteiger partial charge on any atom is -0.497 e. The lowest BCUT2D eigenvalue weighted by molar-refractivity contribution is -0.128. The van der Waals surface area contributed by atoms with E-state index >= 15 is 0 Å². The summed E-state index contributed by atoms with van der Waals surface area (Å²) in [6.07, 6.45) is 1.52. The lowest BCUT2D eigenvalue weighted by Crippen LogP contribution is -2.50. The zero-order chi connectivity index (χ0) is 20.2. The van der Waals surface area contributed by atoms with Crippen LogP contribution in [0.1, 0.15) is 21.5 Å². The third kappa shape index (κ3) is 4.43. The molecule has 2 aliphatic heterocycles. The van der Waals surface area contributed by atoms with Gasteiger partial charge in [-0.25, -0.2) is 0 Å². The fourth-order valence-corrected chi connectivity index (χ4v) is 4.94. The molecule has 2 saturated heterocycles. The molecule has 0 radical (unpaired) electrons. The second-order valence-electron chi connectivity index (χ2n) is 7.13. The normalized spacial score (nSPS) is 20.3. The van der Waals surface area contributed by atoms with Crippen molar-refractivity contribution >= 4 is 23.6 Å². The van der Waals surface area contributed by atoms with Crippen LogP contribution in [0.2, 0.25) is 0 Å². The second-order valence-corrected chi connectivity index (χ2v) is 8.20. The van der Waals surface area contributed by atoms with Crippen LogP contribution in [0.5, 0.6) is 5.75 Å². The van der Waals surface area contributed by atoms with Gasteiger partial charge in [-0.2, -0.15) is 0 Å². The standard InChI is InChI=1S/C21H25N3O4S/c1-27-17-6-4-16(5-7-17)21-24(19(25)15-29-21)13-10-22-8-11-23(12-9-22)20(26)18-3-2-14-28-18/h2-7,14,21H,8-13,15H2,1H3/t21-/m1/s1. The van der Waals surface area contributed by atoms with Gasteiger partial charge in [0.15, 0.2) is 5.76 Å². The van der Waals surface area contributed by atoms with Gasteiger partial charge in [0.05, 0.1) is 19.1 Å². The molecule has 0 saturated carbocycles. The van der Waals surface area contributed by atoms with Crippen molar-refractivity contribution in [2.45, 2.75) is 5.37 Å². The first kappa shape index (κ1) is 19.8. The average molecular weight is 416 g/mol. The number of rotatable bonds is 6. The van der Waals surface area contributed by atoms with Crippen molar-refractivity contribution < 1.29 is 18.7 Å². The highest BCUT2D eigenvalue weighted by atomic mass is 32.2. The molecule has 1 aromatic carbocycles. The van der Waals surface area contributed by atoms with E-state index < -0.39 is 0 Å². The van der Waals surface area contributed by atoms with Crippen molar-refractivity contribution in [1.29, 1.82) is 0 Å². The summed E-state index contributed by atoms with van der Waals surface area (Å²) >= 11 is 1.67. The first-order chi connectivity index (χ1) is 14.2. The summed E-state index contributed by atoms with van der Waals surface area (Å²) in [6.45, 7) is 4.44. The van der Waals surface area contributed by atoms with E-state index in [4.69, 9.17) is 9.15 Å². The van der Waals surface area contributed by atoms with Crippen LogP contribution < -0.4 is 4.74 Å². The number of amides is 2. The highest BCUT2D eigenvalue weighted by Crippen LogP contribution is 2.38. The Morgan fingerprint density at radius 1 is 1.14 bits per heavy atom. The van der Waals surface area contributed by atoms with Crippen LogP contribution in [-0.4, -0.2) is 78.6 Å². The highest BCUT2D eigenvalue weighted by molar-refractivity contribution is 8.00. The van der Waals surface area contributed by atoms with Gasteiger partial charge in [0, 0.05) is 39.3 Å². The number of furan rings is 1. The lowest BCUT2D eigenvalue weighted by atomic mass is 10.2. The maximum Gasteiger partial charge on any atom is 0.289 e. The van der Waals surface area contributed by atoms with E-state index in [0.717, 1.165) is 30.9 Å². The molecule has 0 spiro atoms. The Hall–Kier alpha value is -2.45. The number of piperazine rings is 1. The maximum absolute atomic E-state index is 12.4. The van der Waals surface area contributed by atoms with E-state index in [2.05, 4.69) is 4.90 Å². The third-order valence-corrected chi connectivity index (χ3v) is 6.67. The van der Waals surface area contributed by atoms with Gasteiger partial charge in [0.2, 0.25) is 5.91 Å². The zero-order valence-electron chi connectivity index (χ0n) is 16.5. The third-order valence-electron chi connectivity index (χ3n) is 5.42. The SMILES string of the molecule is COc1ccc([C@H]2SCC(=O)N2CCN2CCN(C(=O)c3ccco3)CC2)cc1. The smallest absolute Gasteiger partial charge is 0.289 e. The Morgan fingerprint density at radius 3 is 2.55 bits per heavy atom. The molecule has 1 aromatic heterocycles. The van der Waals surface area contributed by atoms with E-state index in [1.807, 2.05) is 34.1 Å². The molecular formula is C21H25N3O4S. The number of hydrogen-bond acceptors (Lipinski definition) is 6. The van der Waals surface area contributed by atoms with Crippen molar-refractivity contribution in [2.24, 2.45) is 0 Å². The zero-order valence-corrected chi connectivity index (χ0v) is 17.3. The molecule has 2 aliphatic rings. The predicted octanol–water partition coefficient (Wildman–Crippen LogP) is 2.32. The molecule has 29 heavy (non-hydrogen) atoms. The molecule has 3 heterocycles. The quantitative estimate of drug-likeness (QED) is 0.722. The van der Waals surface area contributed by atoms with Gasteiger partial charge in [0.25, 0.3) is 5.91 Å². The molecule has 2 fully saturated rings. The van der Waals surface area contributed by atoms with E-state index in [1.54, 1.807) is 31.0 Å². The topological polar surface area (TPSA) is 66.2 Å². The summed E-state index contributed by atoms with van der Waals surface area (Å²) in [4.78, 5) is 30.9. The van der Waals surface area contributed by atoms with E-state index in [0.29, 0.717) is 31.1 Å². The van der Waals surface area contributed by atoms with Crippen molar-refractivity contribution in [2.75, 3.05) is 52.1 Å². The second kappa shape index (κ2) is 8.92. The molecule has 0 unspecified atom stereocenters. The molecule has 2 amide bonds. The summed E-state index contributed by atoms with van der Waals surface area (Å²) in [6, 6.07) is 11.4. The van der Waals surface area contributed by atoms with Crippen LogP contribution >= 0.6 is 11.8 Å². The summed E-state index contributed by atoms with van der Waals surface area (Å²) in [5.41, 5.74) is 1.12. The van der Waals surface area contributed by atoms with Crippen LogP contribution in [0.3, 0.4) is 0 Å². The Morgan fingerprint density at radius 2 is 1.90 bits per heavy atom. The number of methoxy groups -OCH3 is 1. The van der Waals surface area contributed by atoms with Crippen LogP contribution in [0.15, 0.2) is 47.1 Å². The van der Waals surface area contributed by atoms with Crippen molar-refractivity contribution in [3.05, 3.63) is 54.0 Å². The van der Waals surface area contributed by atoms with E-state index in [9.17, 15) is 9.59 Å². The Bertz CT molecular complexity index is 832. The number of benzene rings is 1.